The highest BCUT2D eigenvalue weighted by atomic mass is 19.1. The lowest BCUT2D eigenvalue weighted by molar-refractivity contribution is -0.0805. The Morgan fingerprint density at radius 1 is 1.53 bits per heavy atom. The van der Waals surface area contributed by atoms with Crippen LogP contribution < -0.4 is 4.74 Å². The molecule has 1 saturated heterocycles. The van der Waals surface area contributed by atoms with Gasteiger partial charge in [-0.3, -0.25) is 4.90 Å². The van der Waals surface area contributed by atoms with E-state index in [1.165, 1.54) is 13.2 Å². The van der Waals surface area contributed by atoms with Gasteiger partial charge < -0.3 is 14.6 Å². The van der Waals surface area contributed by atoms with Crippen molar-refractivity contribution in [1.82, 2.24) is 4.90 Å². The molecule has 1 fully saturated rings. The zero-order valence-corrected chi connectivity index (χ0v) is 11.3. The molecule has 0 amide bonds. The lowest BCUT2D eigenvalue weighted by Crippen LogP contribution is -2.48. The lowest BCUT2D eigenvalue weighted by atomic mass is 10.1. The lowest BCUT2D eigenvalue weighted by Gasteiger charge is -2.37. The molecule has 0 spiro atoms. The largest absolute Gasteiger partial charge is 0.494 e. The first kappa shape index (κ1) is 14.2. The van der Waals surface area contributed by atoms with Gasteiger partial charge in [0.25, 0.3) is 0 Å². The van der Waals surface area contributed by atoms with Crippen LogP contribution in [0.15, 0.2) is 18.2 Å². The average molecular weight is 269 g/mol. The van der Waals surface area contributed by atoms with E-state index in [-0.39, 0.29) is 30.3 Å². The van der Waals surface area contributed by atoms with E-state index in [0.29, 0.717) is 19.7 Å². The number of aliphatic hydroxyl groups excluding tert-OH is 1. The number of benzene rings is 1. The summed E-state index contributed by atoms with van der Waals surface area (Å²) in [5, 5.41) is 9.15. The van der Waals surface area contributed by atoms with Gasteiger partial charge in [0.2, 0.25) is 0 Å². The van der Waals surface area contributed by atoms with Crippen LogP contribution in [-0.2, 0) is 11.3 Å². The first-order valence-corrected chi connectivity index (χ1v) is 6.43. The number of hydrogen-bond donors (Lipinski definition) is 1. The predicted octanol–water partition coefficient (Wildman–Crippen LogP) is 1.42. The summed E-state index contributed by atoms with van der Waals surface area (Å²) < 4.78 is 24.0. The number of rotatable bonds is 4. The van der Waals surface area contributed by atoms with Gasteiger partial charge in [-0.1, -0.05) is 6.07 Å². The fraction of sp³-hybridized carbons (Fsp3) is 0.571. The van der Waals surface area contributed by atoms with E-state index in [1.807, 2.05) is 6.07 Å². The van der Waals surface area contributed by atoms with Crippen LogP contribution in [0.1, 0.15) is 12.5 Å². The monoisotopic (exact) mass is 269 g/mol. The van der Waals surface area contributed by atoms with E-state index in [1.54, 1.807) is 6.07 Å². The third-order valence-corrected chi connectivity index (χ3v) is 3.44. The summed E-state index contributed by atoms with van der Waals surface area (Å²) in [7, 11) is 1.45. The molecule has 1 aromatic rings. The van der Waals surface area contributed by atoms with Crippen molar-refractivity contribution in [3.05, 3.63) is 29.6 Å². The minimum absolute atomic E-state index is 0.0141. The molecule has 1 N–H and O–H groups in total. The molecule has 2 unspecified atom stereocenters. The normalized spacial score (nSPS) is 24.4. The third kappa shape index (κ3) is 3.43. The zero-order valence-electron chi connectivity index (χ0n) is 11.3. The van der Waals surface area contributed by atoms with Gasteiger partial charge in [0.1, 0.15) is 0 Å². The maximum Gasteiger partial charge on any atom is 0.165 e. The second-order valence-electron chi connectivity index (χ2n) is 4.89. The van der Waals surface area contributed by atoms with Crippen LogP contribution in [0.3, 0.4) is 0 Å². The standard InChI is InChI=1S/C14H20FNO3/c1-10-9-19-12(8-17)7-16(10)6-11-3-4-14(18-2)13(15)5-11/h3-5,10,12,17H,6-9H2,1-2H3. The van der Waals surface area contributed by atoms with Crippen molar-refractivity contribution in [2.24, 2.45) is 0 Å². The number of methoxy groups -OCH3 is 1. The van der Waals surface area contributed by atoms with Crippen LogP contribution in [0.5, 0.6) is 5.75 Å². The molecule has 1 aliphatic heterocycles. The van der Waals surface area contributed by atoms with Crippen molar-refractivity contribution in [2.75, 3.05) is 26.9 Å². The van der Waals surface area contributed by atoms with Gasteiger partial charge in [-0.05, 0) is 24.6 Å². The number of ether oxygens (including phenoxy) is 2. The van der Waals surface area contributed by atoms with E-state index >= 15 is 0 Å². The summed E-state index contributed by atoms with van der Waals surface area (Å²) in [5.74, 6) is -0.0911. The van der Waals surface area contributed by atoms with Crippen LogP contribution in [0.25, 0.3) is 0 Å². The van der Waals surface area contributed by atoms with Gasteiger partial charge in [-0.2, -0.15) is 0 Å². The zero-order chi connectivity index (χ0) is 13.8. The highest BCUT2D eigenvalue weighted by Crippen LogP contribution is 2.20. The topological polar surface area (TPSA) is 41.9 Å². The van der Waals surface area contributed by atoms with Gasteiger partial charge in [0.15, 0.2) is 11.6 Å². The average Bonchev–Trinajstić information content (AvgIpc) is 2.41. The van der Waals surface area contributed by atoms with Crippen LogP contribution in [0, 0.1) is 5.82 Å². The molecule has 0 aromatic heterocycles. The third-order valence-electron chi connectivity index (χ3n) is 3.44. The van der Waals surface area contributed by atoms with E-state index in [4.69, 9.17) is 14.6 Å². The molecule has 19 heavy (non-hydrogen) atoms. The maximum atomic E-state index is 13.6. The molecular formula is C14H20FNO3. The molecule has 4 nitrogen and oxygen atoms in total. The van der Waals surface area contributed by atoms with Crippen LogP contribution >= 0.6 is 0 Å². The molecule has 5 heteroatoms. The van der Waals surface area contributed by atoms with Gasteiger partial charge >= 0.3 is 0 Å². The quantitative estimate of drug-likeness (QED) is 0.897. The summed E-state index contributed by atoms with van der Waals surface area (Å²) in [6.45, 7) is 3.96. The van der Waals surface area contributed by atoms with Crippen molar-refractivity contribution in [2.45, 2.75) is 25.6 Å². The summed E-state index contributed by atoms with van der Waals surface area (Å²) in [6, 6.07) is 5.25. The van der Waals surface area contributed by atoms with Crippen LogP contribution in [0.2, 0.25) is 0 Å². The Labute approximate surface area is 112 Å². The molecule has 0 bridgehead atoms. The second kappa shape index (κ2) is 6.32. The SMILES string of the molecule is COc1ccc(CN2CC(CO)OCC2C)cc1F. The summed E-state index contributed by atoms with van der Waals surface area (Å²) in [5.41, 5.74) is 0.892. The molecule has 1 heterocycles. The Kier molecular flexibility index (Phi) is 4.74. The number of morpholine rings is 1. The Morgan fingerprint density at radius 3 is 2.95 bits per heavy atom. The van der Waals surface area contributed by atoms with Crippen molar-refractivity contribution in [3.8, 4) is 5.75 Å². The molecule has 1 aliphatic rings. The van der Waals surface area contributed by atoms with E-state index in [0.717, 1.165) is 5.56 Å². The number of hydrogen-bond acceptors (Lipinski definition) is 4. The molecule has 0 radical (unpaired) electrons. The maximum absolute atomic E-state index is 13.6. The Hall–Kier alpha value is -1.17. The first-order valence-electron chi connectivity index (χ1n) is 6.43. The van der Waals surface area contributed by atoms with Crippen molar-refractivity contribution in [1.29, 1.82) is 0 Å². The fourth-order valence-corrected chi connectivity index (χ4v) is 2.25. The smallest absolute Gasteiger partial charge is 0.165 e. The molecule has 2 atom stereocenters. The highest BCUT2D eigenvalue weighted by Gasteiger charge is 2.25. The molecule has 106 valence electrons. The Balaban J connectivity index is 2.05. The van der Waals surface area contributed by atoms with Gasteiger partial charge in [0.05, 0.1) is 26.4 Å². The second-order valence-corrected chi connectivity index (χ2v) is 4.89. The summed E-state index contributed by atoms with van der Waals surface area (Å²) in [4.78, 5) is 2.19. The minimum atomic E-state index is -0.348. The van der Waals surface area contributed by atoms with Gasteiger partial charge in [-0.15, -0.1) is 0 Å². The van der Waals surface area contributed by atoms with Crippen molar-refractivity contribution < 1.29 is 19.0 Å². The summed E-state index contributed by atoms with van der Waals surface area (Å²) >= 11 is 0. The molecule has 2 rings (SSSR count). The van der Waals surface area contributed by atoms with Crippen LogP contribution in [-0.4, -0.2) is 49.0 Å². The van der Waals surface area contributed by atoms with E-state index in [2.05, 4.69) is 11.8 Å². The van der Waals surface area contributed by atoms with E-state index < -0.39 is 0 Å². The fourth-order valence-electron chi connectivity index (χ4n) is 2.25. The summed E-state index contributed by atoms with van der Waals surface area (Å²) in [6.07, 6.45) is -0.153. The Morgan fingerprint density at radius 2 is 2.32 bits per heavy atom. The number of nitrogens with zero attached hydrogens (tertiary/aromatic N) is 1. The molecule has 0 aliphatic carbocycles. The Bertz CT molecular complexity index is 427. The van der Waals surface area contributed by atoms with Crippen molar-refractivity contribution in [3.63, 3.8) is 0 Å². The minimum Gasteiger partial charge on any atom is -0.494 e. The molecule has 0 saturated carbocycles. The molecular weight excluding hydrogens is 249 g/mol. The predicted molar refractivity (Wildman–Crippen MR) is 69.6 cm³/mol. The molecule has 1 aromatic carbocycles. The highest BCUT2D eigenvalue weighted by molar-refractivity contribution is 5.29. The van der Waals surface area contributed by atoms with Crippen molar-refractivity contribution >= 4 is 0 Å². The number of halogens is 1. The number of aliphatic hydroxyl groups is 1. The van der Waals surface area contributed by atoms with Crippen LogP contribution in [0.4, 0.5) is 4.39 Å². The van der Waals surface area contributed by atoms with Gasteiger partial charge in [0, 0.05) is 19.1 Å². The van der Waals surface area contributed by atoms with Gasteiger partial charge in [-0.25, -0.2) is 4.39 Å². The van der Waals surface area contributed by atoms with E-state index in [9.17, 15) is 4.39 Å². The first-order chi connectivity index (χ1) is 9.13.